The second-order valence-corrected chi connectivity index (χ2v) is 5.35. The Labute approximate surface area is 124 Å². The van der Waals surface area contributed by atoms with Gasteiger partial charge in [0, 0.05) is 44.1 Å². The molecule has 2 N–H and O–H groups in total. The Hall–Kier alpha value is -2.45. The second-order valence-electron chi connectivity index (χ2n) is 5.35. The SMILES string of the molecule is Cn1nc(OCC2CC(F)(F)C2)cc1C(=O)Nc1cc[nH]n1. The zero-order valence-corrected chi connectivity index (χ0v) is 11.8. The first-order valence-electron chi connectivity index (χ1n) is 6.79. The van der Waals surface area contributed by atoms with Crippen molar-refractivity contribution in [2.45, 2.75) is 18.8 Å². The van der Waals surface area contributed by atoms with Crippen LogP contribution in [0.15, 0.2) is 18.3 Å². The molecular weight excluding hydrogens is 296 g/mol. The van der Waals surface area contributed by atoms with Crippen molar-refractivity contribution in [1.82, 2.24) is 20.0 Å². The summed E-state index contributed by atoms with van der Waals surface area (Å²) < 4.78 is 32.2. The molecule has 1 aliphatic carbocycles. The number of nitrogens with one attached hydrogen (secondary N) is 2. The molecule has 2 heterocycles. The fourth-order valence-electron chi connectivity index (χ4n) is 2.34. The maximum atomic E-state index is 12.7. The molecule has 118 valence electrons. The molecule has 0 spiro atoms. The number of amides is 1. The molecular formula is C13H15F2N5O2. The number of anilines is 1. The summed E-state index contributed by atoms with van der Waals surface area (Å²) in [5, 5.41) is 13.0. The highest BCUT2D eigenvalue weighted by atomic mass is 19.3. The quantitative estimate of drug-likeness (QED) is 0.882. The molecule has 9 heteroatoms. The Kier molecular flexibility index (Phi) is 3.55. The number of nitrogens with zero attached hydrogens (tertiary/aromatic N) is 3. The van der Waals surface area contributed by atoms with Gasteiger partial charge in [0.15, 0.2) is 5.82 Å². The van der Waals surface area contributed by atoms with Crippen molar-refractivity contribution < 1.29 is 18.3 Å². The van der Waals surface area contributed by atoms with Crippen molar-refractivity contribution in [3.63, 3.8) is 0 Å². The summed E-state index contributed by atoms with van der Waals surface area (Å²) in [6, 6.07) is 3.08. The molecule has 0 bridgehead atoms. The first kappa shape index (κ1) is 14.5. The predicted molar refractivity (Wildman–Crippen MR) is 72.9 cm³/mol. The molecule has 0 aliphatic heterocycles. The van der Waals surface area contributed by atoms with Crippen LogP contribution < -0.4 is 10.1 Å². The molecule has 3 rings (SSSR count). The van der Waals surface area contributed by atoms with E-state index >= 15 is 0 Å². The number of hydrogen-bond donors (Lipinski definition) is 2. The minimum Gasteiger partial charge on any atom is -0.476 e. The summed E-state index contributed by atoms with van der Waals surface area (Å²) in [5.74, 6) is -2.48. The Morgan fingerprint density at radius 3 is 3.00 bits per heavy atom. The van der Waals surface area contributed by atoms with Crippen LogP contribution in [0.25, 0.3) is 0 Å². The van der Waals surface area contributed by atoms with Gasteiger partial charge in [-0.1, -0.05) is 0 Å². The van der Waals surface area contributed by atoms with Crippen molar-refractivity contribution in [2.75, 3.05) is 11.9 Å². The standard InChI is InChI=1S/C13H15F2N5O2/c1-20-9(12(21)17-10-2-3-16-18-10)4-11(19-20)22-7-8-5-13(14,15)6-8/h2-4,8H,5-7H2,1H3,(H2,16,17,18,21). The van der Waals surface area contributed by atoms with Crippen LogP contribution in [0.1, 0.15) is 23.3 Å². The Balaban J connectivity index is 1.57. The van der Waals surface area contributed by atoms with Gasteiger partial charge in [0.25, 0.3) is 5.91 Å². The number of carbonyl (C=O) groups is 1. The van der Waals surface area contributed by atoms with E-state index in [-0.39, 0.29) is 42.8 Å². The number of carbonyl (C=O) groups excluding carboxylic acids is 1. The fraction of sp³-hybridized carbons (Fsp3) is 0.462. The highest BCUT2D eigenvalue weighted by molar-refractivity contribution is 6.02. The van der Waals surface area contributed by atoms with Crippen LogP contribution in [0.2, 0.25) is 0 Å². The van der Waals surface area contributed by atoms with Crippen molar-refractivity contribution in [2.24, 2.45) is 13.0 Å². The molecule has 1 amide bonds. The minimum absolute atomic E-state index is 0.160. The van der Waals surface area contributed by atoms with Crippen LogP contribution in [0.4, 0.5) is 14.6 Å². The topological polar surface area (TPSA) is 84.8 Å². The van der Waals surface area contributed by atoms with E-state index in [2.05, 4.69) is 20.6 Å². The van der Waals surface area contributed by atoms with E-state index in [9.17, 15) is 13.6 Å². The molecule has 1 aliphatic rings. The molecule has 2 aromatic heterocycles. The van der Waals surface area contributed by atoms with Crippen molar-refractivity contribution in [1.29, 1.82) is 0 Å². The van der Waals surface area contributed by atoms with Gasteiger partial charge in [-0.25, -0.2) is 8.78 Å². The van der Waals surface area contributed by atoms with Crippen molar-refractivity contribution in [3.8, 4) is 5.88 Å². The lowest BCUT2D eigenvalue weighted by atomic mass is 9.82. The summed E-state index contributed by atoms with van der Waals surface area (Å²) in [5.41, 5.74) is 0.289. The molecule has 0 radical (unpaired) electrons. The van der Waals surface area contributed by atoms with Crippen LogP contribution in [0, 0.1) is 5.92 Å². The number of ether oxygens (including phenoxy) is 1. The first-order chi connectivity index (χ1) is 10.4. The fourth-order valence-corrected chi connectivity index (χ4v) is 2.34. The predicted octanol–water partition coefficient (Wildman–Crippen LogP) is 1.82. The van der Waals surface area contributed by atoms with Crippen molar-refractivity contribution in [3.05, 3.63) is 24.0 Å². The second kappa shape index (κ2) is 5.39. The van der Waals surface area contributed by atoms with E-state index in [1.54, 1.807) is 19.3 Å². The molecule has 7 nitrogen and oxygen atoms in total. The van der Waals surface area contributed by atoms with E-state index in [0.29, 0.717) is 5.82 Å². The monoisotopic (exact) mass is 311 g/mol. The van der Waals surface area contributed by atoms with Crippen LogP contribution >= 0.6 is 0 Å². The number of halogens is 2. The zero-order chi connectivity index (χ0) is 15.7. The summed E-state index contributed by atoms with van der Waals surface area (Å²) in [4.78, 5) is 12.1. The number of aryl methyl sites for hydroxylation is 1. The summed E-state index contributed by atoms with van der Waals surface area (Å²) >= 11 is 0. The van der Waals surface area contributed by atoms with Gasteiger partial charge in [-0.2, -0.15) is 5.10 Å². The third-order valence-corrected chi connectivity index (χ3v) is 3.47. The minimum atomic E-state index is -2.56. The molecule has 0 aromatic carbocycles. The Morgan fingerprint density at radius 1 is 1.59 bits per heavy atom. The number of alkyl halides is 2. The van der Waals surface area contributed by atoms with Crippen LogP contribution in [-0.4, -0.2) is 38.4 Å². The van der Waals surface area contributed by atoms with Crippen LogP contribution in [0.3, 0.4) is 0 Å². The number of H-pyrrole nitrogens is 1. The van der Waals surface area contributed by atoms with Crippen LogP contribution in [-0.2, 0) is 7.05 Å². The lowest BCUT2D eigenvalue weighted by molar-refractivity contribution is -0.119. The Bertz CT molecular complexity index is 660. The van der Waals surface area contributed by atoms with Gasteiger partial charge in [0.1, 0.15) is 5.69 Å². The van der Waals surface area contributed by atoms with E-state index in [1.807, 2.05) is 0 Å². The van der Waals surface area contributed by atoms with Gasteiger partial charge in [0.2, 0.25) is 11.8 Å². The smallest absolute Gasteiger partial charge is 0.275 e. The van der Waals surface area contributed by atoms with E-state index in [1.165, 1.54) is 10.7 Å². The molecule has 2 aromatic rings. The number of aromatic nitrogens is 4. The third-order valence-electron chi connectivity index (χ3n) is 3.47. The van der Waals surface area contributed by atoms with Gasteiger partial charge in [-0.3, -0.25) is 14.6 Å². The summed E-state index contributed by atoms with van der Waals surface area (Å²) in [6.45, 7) is 0.174. The van der Waals surface area contributed by atoms with Gasteiger partial charge in [0.05, 0.1) is 6.61 Å². The van der Waals surface area contributed by atoms with Crippen molar-refractivity contribution >= 4 is 11.7 Å². The zero-order valence-electron chi connectivity index (χ0n) is 11.8. The first-order valence-corrected chi connectivity index (χ1v) is 6.79. The highest BCUT2D eigenvalue weighted by Crippen LogP contribution is 2.42. The number of rotatable bonds is 5. The summed E-state index contributed by atoms with van der Waals surface area (Å²) in [7, 11) is 1.60. The maximum absolute atomic E-state index is 12.7. The molecule has 1 fully saturated rings. The van der Waals surface area contributed by atoms with Crippen LogP contribution in [0.5, 0.6) is 5.88 Å². The number of aromatic amines is 1. The average Bonchev–Trinajstić information content (AvgIpc) is 3.03. The van der Waals surface area contributed by atoms with Gasteiger partial charge >= 0.3 is 0 Å². The maximum Gasteiger partial charge on any atom is 0.275 e. The molecule has 0 saturated heterocycles. The molecule has 22 heavy (non-hydrogen) atoms. The van der Waals surface area contributed by atoms with E-state index < -0.39 is 5.92 Å². The van der Waals surface area contributed by atoms with Gasteiger partial charge in [-0.15, -0.1) is 5.10 Å². The number of hydrogen-bond acceptors (Lipinski definition) is 4. The van der Waals surface area contributed by atoms with Gasteiger partial charge < -0.3 is 10.1 Å². The highest BCUT2D eigenvalue weighted by Gasteiger charge is 2.45. The summed E-state index contributed by atoms with van der Waals surface area (Å²) in [6.07, 6.45) is 1.26. The largest absolute Gasteiger partial charge is 0.476 e. The van der Waals surface area contributed by atoms with Gasteiger partial charge in [-0.05, 0) is 0 Å². The average molecular weight is 311 g/mol. The lowest BCUT2D eigenvalue weighted by Crippen LogP contribution is -2.38. The molecule has 0 unspecified atom stereocenters. The van der Waals surface area contributed by atoms with E-state index in [0.717, 1.165) is 0 Å². The third kappa shape index (κ3) is 3.07. The Morgan fingerprint density at radius 2 is 2.36 bits per heavy atom. The normalized spacial score (nSPS) is 17.0. The molecule has 1 saturated carbocycles. The van der Waals surface area contributed by atoms with E-state index in [4.69, 9.17) is 4.74 Å². The molecule has 0 atom stereocenters. The lowest BCUT2D eigenvalue weighted by Gasteiger charge is -2.34.